The van der Waals surface area contributed by atoms with Gasteiger partial charge in [0.15, 0.2) is 0 Å². The molecule has 0 spiro atoms. The lowest BCUT2D eigenvalue weighted by Crippen LogP contribution is -2.22. The Morgan fingerprint density at radius 1 is 1.24 bits per heavy atom. The number of benzene rings is 2. The summed E-state index contributed by atoms with van der Waals surface area (Å²) in [6.45, 7) is 0.303. The van der Waals surface area contributed by atoms with Crippen LogP contribution in [0.4, 0.5) is 4.39 Å². The molecule has 0 fully saturated rings. The van der Waals surface area contributed by atoms with Crippen molar-refractivity contribution in [3.8, 4) is 5.75 Å². The lowest BCUT2D eigenvalue weighted by atomic mass is 10.1. The Hall–Kier alpha value is -2.25. The van der Waals surface area contributed by atoms with E-state index in [1.54, 1.807) is 12.1 Å². The average Bonchev–Trinajstić information content (AvgIpc) is 3.04. The second-order valence-corrected chi connectivity index (χ2v) is 7.12. The summed E-state index contributed by atoms with van der Waals surface area (Å²) in [5.74, 6) is -0.914. The number of halogens is 2. The smallest absolute Gasteiger partial charge is 0.123 e. The Bertz CT molecular complexity index is 896. The highest BCUT2D eigenvalue weighted by Crippen LogP contribution is 2.27. The molecule has 2 aromatic carbocycles. The van der Waals surface area contributed by atoms with Crippen molar-refractivity contribution in [1.82, 2.24) is 4.98 Å². The van der Waals surface area contributed by atoms with Crippen LogP contribution in [0.1, 0.15) is 26.6 Å². The van der Waals surface area contributed by atoms with Crippen LogP contribution in [0.15, 0.2) is 52.3 Å². The second kappa shape index (κ2) is 7.76. The minimum Gasteiger partial charge on any atom is -0.543 e. The van der Waals surface area contributed by atoms with Crippen molar-refractivity contribution >= 4 is 33.2 Å². The molecule has 0 bridgehead atoms. The third-order valence-electron chi connectivity index (χ3n) is 3.43. The maximum atomic E-state index is 13.0. The minimum atomic E-state index is -1.29. The van der Waals surface area contributed by atoms with Crippen LogP contribution < -0.4 is 9.84 Å². The van der Waals surface area contributed by atoms with E-state index in [0.717, 1.165) is 15.6 Å². The van der Waals surface area contributed by atoms with Crippen LogP contribution in [-0.2, 0) is 13.0 Å². The van der Waals surface area contributed by atoms with Gasteiger partial charge in [0.1, 0.15) is 18.2 Å². The van der Waals surface area contributed by atoms with E-state index in [1.165, 1.54) is 28.8 Å². The van der Waals surface area contributed by atoms with E-state index >= 15 is 0 Å². The van der Waals surface area contributed by atoms with Gasteiger partial charge in [-0.05, 0) is 35.9 Å². The lowest BCUT2D eigenvalue weighted by molar-refractivity contribution is -0.255. The van der Waals surface area contributed by atoms with Crippen LogP contribution >= 0.6 is 27.3 Å². The molecule has 1 heterocycles. The van der Waals surface area contributed by atoms with Gasteiger partial charge < -0.3 is 14.6 Å². The van der Waals surface area contributed by atoms with E-state index < -0.39 is 5.97 Å². The Morgan fingerprint density at radius 3 is 2.68 bits per heavy atom. The lowest BCUT2D eigenvalue weighted by Gasteiger charge is -2.11. The molecule has 0 atom stereocenters. The van der Waals surface area contributed by atoms with Crippen molar-refractivity contribution in [2.24, 2.45) is 0 Å². The number of nitrogens with zero attached hydrogens (tertiary/aromatic N) is 1. The summed E-state index contributed by atoms with van der Waals surface area (Å²) in [6.07, 6.45) is 0.441. The molecule has 3 aromatic rings. The number of carboxylic acid groups (broad SMARTS) is 1. The van der Waals surface area contributed by atoms with Crippen molar-refractivity contribution in [2.45, 2.75) is 13.0 Å². The molecule has 4 nitrogen and oxygen atoms in total. The molecule has 7 heteroatoms. The molecular formula is C18H12BrFNO3S-. The van der Waals surface area contributed by atoms with Crippen molar-refractivity contribution in [1.29, 1.82) is 0 Å². The van der Waals surface area contributed by atoms with Crippen LogP contribution in [0, 0.1) is 5.82 Å². The molecule has 0 aliphatic rings. The quantitative estimate of drug-likeness (QED) is 0.611. The predicted octanol–water partition coefficient (Wildman–Crippen LogP) is 3.58. The molecular weight excluding hydrogens is 409 g/mol. The molecule has 0 amide bonds. The standard InChI is InChI=1S/C18H13BrFNO3S/c19-13-3-6-16(24-9-11-1-4-14(20)5-2-11)12(7-13)8-17-21-15(10-25-17)18(22)23/h1-7,10H,8-9H2,(H,22,23)/p-1. The Balaban J connectivity index is 1.77. The zero-order valence-electron chi connectivity index (χ0n) is 12.9. The number of rotatable bonds is 6. The molecule has 0 saturated carbocycles. The molecule has 0 saturated heterocycles. The summed E-state index contributed by atoms with van der Waals surface area (Å²) in [5.41, 5.74) is 1.66. The monoisotopic (exact) mass is 420 g/mol. The van der Waals surface area contributed by atoms with Gasteiger partial charge in [-0.25, -0.2) is 9.37 Å². The molecule has 0 radical (unpaired) electrons. The van der Waals surface area contributed by atoms with E-state index in [-0.39, 0.29) is 11.5 Å². The van der Waals surface area contributed by atoms with Gasteiger partial charge >= 0.3 is 0 Å². The van der Waals surface area contributed by atoms with Gasteiger partial charge in [-0.3, -0.25) is 0 Å². The fourth-order valence-corrected chi connectivity index (χ4v) is 3.41. The number of carbonyl (C=O) groups excluding carboxylic acids is 1. The van der Waals surface area contributed by atoms with Crippen molar-refractivity contribution in [3.05, 3.63) is 80.0 Å². The summed E-state index contributed by atoms with van der Waals surface area (Å²) < 4.78 is 19.7. The third-order valence-corrected chi connectivity index (χ3v) is 4.77. The predicted molar refractivity (Wildman–Crippen MR) is 94.1 cm³/mol. The number of hydrogen-bond acceptors (Lipinski definition) is 5. The summed E-state index contributed by atoms with van der Waals surface area (Å²) >= 11 is 4.68. The minimum absolute atomic E-state index is 0.0659. The zero-order chi connectivity index (χ0) is 17.8. The van der Waals surface area contributed by atoms with E-state index in [9.17, 15) is 14.3 Å². The van der Waals surface area contributed by atoms with Crippen LogP contribution in [0.2, 0.25) is 0 Å². The first-order valence-corrected chi connectivity index (χ1v) is 9.00. The molecule has 1 aromatic heterocycles. The molecule has 128 valence electrons. The van der Waals surface area contributed by atoms with E-state index in [2.05, 4.69) is 20.9 Å². The Labute approximate surface area is 156 Å². The summed E-state index contributed by atoms with van der Waals surface area (Å²) in [6, 6.07) is 11.7. The SMILES string of the molecule is O=C([O-])c1csc(Cc2cc(Br)ccc2OCc2ccc(F)cc2)n1. The number of aromatic nitrogens is 1. The van der Waals surface area contributed by atoms with Crippen molar-refractivity contribution < 1.29 is 19.0 Å². The number of ether oxygens (including phenoxy) is 1. The summed E-state index contributed by atoms with van der Waals surface area (Å²) in [4.78, 5) is 14.9. The fraction of sp³-hybridized carbons (Fsp3) is 0.111. The van der Waals surface area contributed by atoms with Crippen LogP contribution in [-0.4, -0.2) is 11.0 Å². The van der Waals surface area contributed by atoms with E-state index in [4.69, 9.17) is 4.74 Å². The van der Waals surface area contributed by atoms with Gasteiger partial charge in [-0.2, -0.15) is 0 Å². The molecule has 0 aliphatic heterocycles. The van der Waals surface area contributed by atoms with E-state index in [1.807, 2.05) is 18.2 Å². The second-order valence-electron chi connectivity index (χ2n) is 5.26. The number of carboxylic acids is 1. The average molecular weight is 421 g/mol. The molecule has 0 aliphatic carbocycles. The molecule has 0 unspecified atom stereocenters. The van der Waals surface area contributed by atoms with Gasteiger partial charge in [0.05, 0.1) is 16.7 Å². The Kier molecular flexibility index (Phi) is 5.45. The first kappa shape index (κ1) is 17.6. The molecule has 3 rings (SSSR count). The number of hydrogen-bond donors (Lipinski definition) is 0. The first-order chi connectivity index (χ1) is 12.0. The Morgan fingerprint density at radius 2 is 2.00 bits per heavy atom. The maximum Gasteiger partial charge on any atom is 0.123 e. The van der Waals surface area contributed by atoms with Gasteiger partial charge in [-0.1, -0.05) is 28.1 Å². The number of carbonyl (C=O) groups is 1. The number of aromatic carboxylic acids is 1. The highest BCUT2D eigenvalue weighted by molar-refractivity contribution is 9.10. The topological polar surface area (TPSA) is 62.2 Å². The van der Waals surface area contributed by atoms with Crippen molar-refractivity contribution in [2.75, 3.05) is 0 Å². The highest BCUT2D eigenvalue weighted by atomic mass is 79.9. The van der Waals surface area contributed by atoms with Crippen LogP contribution in [0.5, 0.6) is 5.75 Å². The van der Waals surface area contributed by atoms with E-state index in [0.29, 0.717) is 23.8 Å². The highest BCUT2D eigenvalue weighted by Gasteiger charge is 2.10. The summed E-state index contributed by atoms with van der Waals surface area (Å²) in [7, 11) is 0. The third kappa shape index (κ3) is 4.64. The molecule has 25 heavy (non-hydrogen) atoms. The zero-order valence-corrected chi connectivity index (χ0v) is 15.3. The van der Waals surface area contributed by atoms with Gasteiger partial charge in [0, 0.05) is 21.8 Å². The maximum absolute atomic E-state index is 13.0. The largest absolute Gasteiger partial charge is 0.543 e. The van der Waals surface area contributed by atoms with Gasteiger partial charge in [0.2, 0.25) is 0 Å². The van der Waals surface area contributed by atoms with Gasteiger partial charge in [-0.15, -0.1) is 11.3 Å². The van der Waals surface area contributed by atoms with Crippen LogP contribution in [0.3, 0.4) is 0 Å². The first-order valence-electron chi connectivity index (χ1n) is 7.32. The normalized spacial score (nSPS) is 10.6. The summed E-state index contributed by atoms with van der Waals surface area (Å²) in [5, 5.41) is 13.0. The number of thiazole rings is 1. The van der Waals surface area contributed by atoms with Crippen LogP contribution in [0.25, 0.3) is 0 Å². The van der Waals surface area contributed by atoms with Gasteiger partial charge in [0.25, 0.3) is 0 Å². The molecule has 0 N–H and O–H groups in total. The fourth-order valence-electron chi connectivity index (χ4n) is 2.22. The van der Waals surface area contributed by atoms with Crippen molar-refractivity contribution in [3.63, 3.8) is 0 Å².